The van der Waals surface area contributed by atoms with Crippen LogP contribution < -0.4 is 4.90 Å². The monoisotopic (exact) mass is 502 g/mol. The minimum absolute atomic E-state index is 0. The zero-order valence-corrected chi connectivity index (χ0v) is 22.0. The van der Waals surface area contributed by atoms with Gasteiger partial charge in [-0.1, -0.05) is 37.5 Å². The van der Waals surface area contributed by atoms with E-state index in [-0.39, 0.29) is 24.8 Å². The lowest BCUT2D eigenvalue weighted by atomic mass is 9.52. The van der Waals surface area contributed by atoms with Crippen LogP contribution in [0.2, 0.25) is 0 Å². The van der Waals surface area contributed by atoms with E-state index in [0.29, 0.717) is 11.2 Å². The van der Waals surface area contributed by atoms with Gasteiger partial charge in [-0.05, 0) is 97.9 Å². The van der Waals surface area contributed by atoms with E-state index in [9.17, 15) is 5.11 Å². The van der Waals surface area contributed by atoms with Gasteiger partial charge in [0.05, 0.1) is 0 Å². The number of hydrogen-bond acceptors (Lipinski definition) is 3. The van der Waals surface area contributed by atoms with Crippen LogP contribution in [0.4, 0.5) is 5.69 Å². The van der Waals surface area contributed by atoms with Gasteiger partial charge in [-0.2, -0.15) is 0 Å². The van der Waals surface area contributed by atoms with Crippen LogP contribution in [-0.4, -0.2) is 36.2 Å². The summed E-state index contributed by atoms with van der Waals surface area (Å²) in [5.74, 6) is 2.17. The molecule has 34 heavy (non-hydrogen) atoms. The molecule has 2 bridgehead atoms. The summed E-state index contributed by atoms with van der Waals surface area (Å²) in [5, 5.41) is 9.60. The van der Waals surface area contributed by atoms with Gasteiger partial charge in [0.2, 0.25) is 0 Å². The highest BCUT2D eigenvalue weighted by Crippen LogP contribution is 2.56. The van der Waals surface area contributed by atoms with Crippen LogP contribution in [0.3, 0.4) is 0 Å². The largest absolute Gasteiger partial charge is 0.508 e. The number of nitrogens with zero attached hydrogens (tertiary/aromatic N) is 2. The Bertz CT molecular complexity index is 977. The number of phenolic OH excluding ortho intramolecular Hbond substituents is 1. The predicted molar refractivity (Wildman–Crippen MR) is 146 cm³/mol. The SMILES string of the molecule is CN(Cc1ccc(O)cc1)c1ccc2c(c1)[C@@]13CCCC[C@H]1[C@@H](C2)N(CC1CCC1)CC3.Cl.Cl. The Morgan fingerprint density at radius 1 is 0.971 bits per heavy atom. The van der Waals surface area contributed by atoms with Gasteiger partial charge in [-0.25, -0.2) is 0 Å². The number of piperidine rings is 1. The van der Waals surface area contributed by atoms with Crippen LogP contribution >= 0.6 is 24.8 Å². The van der Waals surface area contributed by atoms with E-state index in [4.69, 9.17) is 0 Å². The molecule has 3 nitrogen and oxygen atoms in total. The first-order valence-corrected chi connectivity index (χ1v) is 13.0. The van der Waals surface area contributed by atoms with Crippen molar-refractivity contribution >= 4 is 30.5 Å². The fraction of sp³-hybridized carbons (Fsp3) is 0.586. The summed E-state index contributed by atoms with van der Waals surface area (Å²) in [6, 6.07) is 15.8. The number of benzene rings is 2. The summed E-state index contributed by atoms with van der Waals surface area (Å²) in [4.78, 5) is 5.30. The molecular weight excluding hydrogens is 463 g/mol. The molecule has 6 rings (SSSR count). The van der Waals surface area contributed by atoms with E-state index >= 15 is 0 Å². The maximum atomic E-state index is 9.60. The van der Waals surface area contributed by atoms with Crippen LogP contribution in [0.5, 0.6) is 5.75 Å². The summed E-state index contributed by atoms with van der Waals surface area (Å²) in [6.45, 7) is 3.54. The smallest absolute Gasteiger partial charge is 0.115 e. The minimum atomic E-state index is 0. The molecule has 1 heterocycles. The Kier molecular flexibility index (Phi) is 7.77. The highest BCUT2D eigenvalue weighted by atomic mass is 35.5. The second-order valence-electron chi connectivity index (χ2n) is 11.2. The van der Waals surface area contributed by atoms with Gasteiger partial charge < -0.3 is 10.0 Å². The predicted octanol–water partition coefficient (Wildman–Crippen LogP) is 6.73. The van der Waals surface area contributed by atoms with Crippen LogP contribution in [0, 0.1) is 11.8 Å². The third kappa shape index (κ3) is 4.45. The van der Waals surface area contributed by atoms with E-state index in [1.165, 1.54) is 82.1 Å². The molecule has 3 atom stereocenters. The minimum Gasteiger partial charge on any atom is -0.508 e. The molecule has 0 amide bonds. The van der Waals surface area contributed by atoms with Crippen LogP contribution in [0.25, 0.3) is 0 Å². The molecule has 1 saturated heterocycles. The molecule has 1 N–H and O–H groups in total. The number of hydrogen-bond donors (Lipinski definition) is 1. The first kappa shape index (κ1) is 25.7. The first-order chi connectivity index (χ1) is 15.6. The van der Waals surface area contributed by atoms with Crippen molar-refractivity contribution in [2.24, 2.45) is 11.8 Å². The molecule has 186 valence electrons. The van der Waals surface area contributed by atoms with E-state index < -0.39 is 0 Å². The Balaban J connectivity index is 0.00000137. The van der Waals surface area contributed by atoms with Crippen molar-refractivity contribution in [1.82, 2.24) is 4.90 Å². The standard InChI is InChI=1S/C29H38N2O.2ClH/c1-30(19-22-8-12-25(32)13-9-22)24-11-10-23-17-28-26-7-2-3-14-29(26,27(23)18-24)15-16-31(28)20-21-5-4-6-21;;/h8-13,18,21,26,28,32H,2-7,14-17,19-20H2,1H3;2*1H/t26-,28+,29+;;/m0../s1. The van der Waals surface area contributed by atoms with E-state index in [1.54, 1.807) is 23.3 Å². The van der Waals surface area contributed by atoms with E-state index in [2.05, 4.69) is 35.0 Å². The lowest BCUT2D eigenvalue weighted by Crippen LogP contribution is -2.61. The molecule has 4 aliphatic rings. The number of rotatable bonds is 5. The average Bonchev–Trinajstić information content (AvgIpc) is 2.78. The lowest BCUT2D eigenvalue weighted by Gasteiger charge is -2.60. The Labute approximate surface area is 217 Å². The molecule has 0 unspecified atom stereocenters. The molecule has 5 heteroatoms. The molecule has 0 aromatic heterocycles. The Morgan fingerprint density at radius 3 is 2.50 bits per heavy atom. The fourth-order valence-corrected chi connectivity index (χ4v) is 7.51. The van der Waals surface area contributed by atoms with Crippen molar-refractivity contribution in [3.8, 4) is 5.75 Å². The molecule has 2 aromatic carbocycles. The Morgan fingerprint density at radius 2 is 1.76 bits per heavy atom. The highest BCUT2D eigenvalue weighted by molar-refractivity contribution is 5.85. The van der Waals surface area contributed by atoms with Crippen molar-refractivity contribution in [3.63, 3.8) is 0 Å². The third-order valence-corrected chi connectivity index (χ3v) is 9.45. The van der Waals surface area contributed by atoms with Crippen LogP contribution in [0.1, 0.15) is 68.1 Å². The Hall–Kier alpha value is -1.42. The van der Waals surface area contributed by atoms with Gasteiger partial charge in [0.25, 0.3) is 0 Å². The zero-order chi connectivity index (χ0) is 21.7. The quantitative estimate of drug-likeness (QED) is 0.490. The second-order valence-corrected chi connectivity index (χ2v) is 11.2. The zero-order valence-electron chi connectivity index (χ0n) is 20.4. The molecule has 3 aliphatic carbocycles. The number of fused-ring (bicyclic) bond motifs is 1. The number of halogens is 2. The van der Waals surface area contributed by atoms with Crippen LogP contribution in [0.15, 0.2) is 42.5 Å². The molecule has 2 saturated carbocycles. The van der Waals surface area contributed by atoms with Crippen molar-refractivity contribution in [2.75, 3.05) is 25.0 Å². The topological polar surface area (TPSA) is 26.7 Å². The number of anilines is 1. The molecular formula is C29H40Cl2N2O. The van der Waals surface area contributed by atoms with Crippen molar-refractivity contribution in [3.05, 3.63) is 59.2 Å². The maximum absolute atomic E-state index is 9.60. The molecule has 0 spiro atoms. The summed E-state index contributed by atoms with van der Waals surface area (Å²) < 4.78 is 0. The van der Waals surface area contributed by atoms with E-state index in [1.807, 2.05) is 12.1 Å². The average molecular weight is 504 g/mol. The molecule has 1 aliphatic heterocycles. The van der Waals surface area contributed by atoms with Gasteiger partial charge in [0.1, 0.15) is 5.75 Å². The first-order valence-electron chi connectivity index (χ1n) is 13.0. The number of aromatic hydroxyl groups is 1. The fourth-order valence-electron chi connectivity index (χ4n) is 7.51. The third-order valence-electron chi connectivity index (χ3n) is 9.45. The van der Waals surface area contributed by atoms with Gasteiger partial charge >= 0.3 is 0 Å². The van der Waals surface area contributed by atoms with Gasteiger partial charge in [-0.15, -0.1) is 24.8 Å². The summed E-state index contributed by atoms with van der Waals surface area (Å²) >= 11 is 0. The van der Waals surface area contributed by atoms with Gasteiger partial charge in [-0.3, -0.25) is 4.90 Å². The molecule has 2 aromatic rings. The van der Waals surface area contributed by atoms with Gasteiger partial charge in [0.15, 0.2) is 0 Å². The maximum Gasteiger partial charge on any atom is 0.115 e. The molecule has 0 radical (unpaired) electrons. The lowest BCUT2D eigenvalue weighted by molar-refractivity contribution is -0.0239. The van der Waals surface area contributed by atoms with Crippen molar-refractivity contribution in [2.45, 2.75) is 75.8 Å². The summed E-state index contributed by atoms with van der Waals surface area (Å²) in [5.41, 5.74) is 6.32. The normalized spacial score (nSPS) is 27.9. The van der Waals surface area contributed by atoms with Crippen molar-refractivity contribution < 1.29 is 5.11 Å². The molecule has 3 fully saturated rings. The second kappa shape index (κ2) is 10.3. The highest BCUT2D eigenvalue weighted by Gasteiger charge is 2.54. The number of likely N-dealkylation sites (tertiary alicyclic amines) is 1. The van der Waals surface area contributed by atoms with Gasteiger partial charge in [0, 0.05) is 37.3 Å². The summed E-state index contributed by atoms with van der Waals surface area (Å²) in [6.07, 6.45) is 12.7. The van der Waals surface area contributed by atoms with Crippen LogP contribution in [-0.2, 0) is 18.4 Å². The van der Waals surface area contributed by atoms with E-state index in [0.717, 1.165) is 24.4 Å². The van der Waals surface area contributed by atoms with Crippen molar-refractivity contribution in [1.29, 1.82) is 0 Å². The number of phenols is 1. The summed E-state index contributed by atoms with van der Waals surface area (Å²) in [7, 11) is 2.21.